The Morgan fingerprint density at radius 3 is 2.59 bits per heavy atom. The van der Waals surface area contributed by atoms with Crippen molar-refractivity contribution in [2.75, 3.05) is 18.9 Å². The fourth-order valence-electron chi connectivity index (χ4n) is 2.02. The second kappa shape index (κ2) is 6.74. The van der Waals surface area contributed by atoms with Crippen LogP contribution in [0.1, 0.15) is 21.8 Å². The van der Waals surface area contributed by atoms with Crippen LogP contribution in [0.3, 0.4) is 0 Å². The number of aryl methyl sites for hydroxylation is 2. The molecule has 1 aromatic carbocycles. The zero-order valence-electron chi connectivity index (χ0n) is 12.5. The fraction of sp³-hybridized carbons (Fsp3) is 0.267. The van der Waals surface area contributed by atoms with Gasteiger partial charge >= 0.3 is 0 Å². The molecular weight excluding hydrogens is 350 g/mol. The van der Waals surface area contributed by atoms with E-state index in [0.717, 1.165) is 4.47 Å². The van der Waals surface area contributed by atoms with Crippen LogP contribution in [0.5, 0.6) is 0 Å². The van der Waals surface area contributed by atoms with Gasteiger partial charge in [-0.3, -0.25) is 9.59 Å². The van der Waals surface area contributed by atoms with Gasteiger partial charge in [0.1, 0.15) is 11.3 Å². The summed E-state index contributed by atoms with van der Waals surface area (Å²) in [7, 11) is 1.56. The van der Waals surface area contributed by atoms with Crippen molar-refractivity contribution in [3.8, 4) is 0 Å². The quantitative estimate of drug-likeness (QED) is 0.903. The highest BCUT2D eigenvalue weighted by Gasteiger charge is 2.22. The Morgan fingerprint density at radius 1 is 1.32 bits per heavy atom. The molecule has 0 bridgehead atoms. The lowest BCUT2D eigenvalue weighted by atomic mass is 10.2. The van der Waals surface area contributed by atoms with Crippen LogP contribution in [-0.2, 0) is 4.79 Å². The normalized spacial score (nSPS) is 10.4. The molecule has 0 saturated heterocycles. The minimum atomic E-state index is -0.293. The van der Waals surface area contributed by atoms with E-state index in [9.17, 15) is 9.59 Å². The molecule has 0 unspecified atom stereocenters. The SMILES string of the molecule is Cc1noc(C)c1C(=O)N(C)CC(=O)Nc1ccccc1Br. The summed E-state index contributed by atoms with van der Waals surface area (Å²) in [4.78, 5) is 25.7. The minimum Gasteiger partial charge on any atom is -0.361 e. The van der Waals surface area contributed by atoms with Gasteiger partial charge < -0.3 is 14.7 Å². The predicted octanol–water partition coefficient (Wildman–Crippen LogP) is 2.76. The van der Waals surface area contributed by atoms with E-state index in [-0.39, 0.29) is 18.4 Å². The molecule has 2 amide bonds. The van der Waals surface area contributed by atoms with Gasteiger partial charge in [-0.25, -0.2) is 0 Å². The number of benzene rings is 1. The third kappa shape index (κ3) is 3.54. The van der Waals surface area contributed by atoms with Crippen LogP contribution in [0, 0.1) is 13.8 Å². The Bertz CT molecular complexity index is 692. The first kappa shape index (κ1) is 16.2. The van der Waals surface area contributed by atoms with E-state index in [1.807, 2.05) is 18.2 Å². The Hall–Kier alpha value is -2.15. The molecule has 0 spiro atoms. The van der Waals surface area contributed by atoms with Crippen molar-refractivity contribution in [2.45, 2.75) is 13.8 Å². The van der Waals surface area contributed by atoms with Crippen LogP contribution in [-0.4, -0.2) is 35.5 Å². The molecule has 116 valence electrons. The number of carbonyl (C=O) groups excluding carboxylic acids is 2. The number of halogens is 1. The van der Waals surface area contributed by atoms with E-state index >= 15 is 0 Å². The molecule has 1 aromatic heterocycles. The summed E-state index contributed by atoms with van der Waals surface area (Å²) in [5.74, 6) is -0.131. The smallest absolute Gasteiger partial charge is 0.259 e. The molecule has 2 rings (SSSR count). The van der Waals surface area contributed by atoms with Gasteiger partial charge in [0.05, 0.1) is 17.9 Å². The molecule has 0 radical (unpaired) electrons. The van der Waals surface area contributed by atoms with Crippen LogP contribution in [0.4, 0.5) is 5.69 Å². The maximum absolute atomic E-state index is 12.3. The zero-order chi connectivity index (χ0) is 16.3. The van der Waals surface area contributed by atoms with E-state index in [2.05, 4.69) is 26.4 Å². The lowest BCUT2D eigenvalue weighted by Gasteiger charge is -2.17. The molecule has 0 fully saturated rings. The first-order chi connectivity index (χ1) is 10.4. The number of anilines is 1. The molecule has 6 nitrogen and oxygen atoms in total. The Balaban J connectivity index is 2.03. The highest BCUT2D eigenvalue weighted by molar-refractivity contribution is 9.10. The van der Waals surface area contributed by atoms with Gasteiger partial charge in [-0.15, -0.1) is 0 Å². The van der Waals surface area contributed by atoms with Crippen molar-refractivity contribution in [1.82, 2.24) is 10.1 Å². The van der Waals surface area contributed by atoms with Crippen LogP contribution in [0.25, 0.3) is 0 Å². The van der Waals surface area contributed by atoms with Crippen molar-refractivity contribution >= 4 is 33.4 Å². The molecule has 1 N–H and O–H groups in total. The van der Waals surface area contributed by atoms with Crippen molar-refractivity contribution in [3.63, 3.8) is 0 Å². The molecular formula is C15H16BrN3O3. The Morgan fingerprint density at radius 2 is 2.00 bits per heavy atom. The van der Waals surface area contributed by atoms with Gasteiger partial charge in [0, 0.05) is 11.5 Å². The van der Waals surface area contributed by atoms with E-state index in [0.29, 0.717) is 22.7 Å². The lowest BCUT2D eigenvalue weighted by molar-refractivity contribution is -0.116. The number of carbonyl (C=O) groups is 2. The first-order valence-corrected chi connectivity index (χ1v) is 7.42. The van der Waals surface area contributed by atoms with Gasteiger partial charge in [0.25, 0.3) is 5.91 Å². The average Bonchev–Trinajstić information content (AvgIpc) is 2.80. The zero-order valence-corrected chi connectivity index (χ0v) is 14.1. The molecule has 22 heavy (non-hydrogen) atoms. The number of nitrogens with zero attached hydrogens (tertiary/aromatic N) is 2. The van der Waals surface area contributed by atoms with E-state index in [1.54, 1.807) is 27.0 Å². The summed E-state index contributed by atoms with van der Waals surface area (Å²) in [5, 5.41) is 6.50. The number of amides is 2. The van der Waals surface area contributed by atoms with Gasteiger partial charge in [-0.2, -0.15) is 0 Å². The lowest BCUT2D eigenvalue weighted by Crippen LogP contribution is -2.35. The van der Waals surface area contributed by atoms with Gasteiger partial charge in [0.15, 0.2) is 0 Å². The topological polar surface area (TPSA) is 75.4 Å². The van der Waals surface area contributed by atoms with Crippen molar-refractivity contribution < 1.29 is 14.1 Å². The largest absolute Gasteiger partial charge is 0.361 e. The first-order valence-electron chi connectivity index (χ1n) is 6.63. The molecule has 0 aliphatic rings. The molecule has 0 saturated carbocycles. The summed E-state index contributed by atoms with van der Waals surface area (Å²) in [6.45, 7) is 3.30. The summed E-state index contributed by atoms with van der Waals surface area (Å²) in [5.41, 5.74) is 1.57. The average molecular weight is 366 g/mol. The fourth-order valence-corrected chi connectivity index (χ4v) is 2.40. The molecule has 0 aliphatic heterocycles. The standard InChI is InChI=1S/C15H16BrN3O3/c1-9-14(10(2)22-18-9)15(21)19(3)8-13(20)17-12-7-5-4-6-11(12)16/h4-7H,8H2,1-3H3,(H,17,20). The van der Waals surface area contributed by atoms with Crippen LogP contribution >= 0.6 is 15.9 Å². The monoisotopic (exact) mass is 365 g/mol. The highest BCUT2D eigenvalue weighted by atomic mass is 79.9. The third-order valence-corrected chi connectivity index (χ3v) is 3.81. The maximum atomic E-state index is 12.3. The van der Waals surface area contributed by atoms with Crippen molar-refractivity contribution in [3.05, 3.63) is 45.8 Å². The molecule has 0 atom stereocenters. The third-order valence-electron chi connectivity index (χ3n) is 3.12. The second-order valence-corrected chi connectivity index (χ2v) is 5.74. The van der Waals surface area contributed by atoms with Crippen molar-refractivity contribution in [1.29, 1.82) is 0 Å². The van der Waals surface area contributed by atoms with E-state index < -0.39 is 0 Å². The summed E-state index contributed by atoms with van der Waals surface area (Å²) in [6, 6.07) is 7.28. The van der Waals surface area contributed by atoms with Gasteiger partial charge in [-0.1, -0.05) is 17.3 Å². The number of nitrogens with one attached hydrogen (secondary N) is 1. The number of likely N-dealkylation sites (N-methyl/N-ethyl adjacent to an activating group) is 1. The Labute approximate surface area is 136 Å². The molecule has 0 aliphatic carbocycles. The summed E-state index contributed by atoms with van der Waals surface area (Å²) >= 11 is 3.35. The number of hydrogen-bond acceptors (Lipinski definition) is 4. The predicted molar refractivity (Wildman–Crippen MR) is 85.7 cm³/mol. The van der Waals surface area contributed by atoms with Gasteiger partial charge in [-0.05, 0) is 41.9 Å². The van der Waals surface area contributed by atoms with Gasteiger partial charge in [0.2, 0.25) is 5.91 Å². The molecule has 2 aromatic rings. The number of hydrogen-bond donors (Lipinski definition) is 1. The van der Waals surface area contributed by atoms with Crippen LogP contribution < -0.4 is 5.32 Å². The molecule has 1 heterocycles. The van der Waals surface area contributed by atoms with E-state index in [1.165, 1.54) is 4.90 Å². The maximum Gasteiger partial charge on any atom is 0.259 e. The highest BCUT2D eigenvalue weighted by Crippen LogP contribution is 2.21. The minimum absolute atomic E-state index is 0.0653. The Kier molecular flexibility index (Phi) is 4.97. The van der Waals surface area contributed by atoms with Crippen LogP contribution in [0.15, 0.2) is 33.3 Å². The summed E-state index contributed by atoms with van der Waals surface area (Å²) in [6.07, 6.45) is 0. The summed E-state index contributed by atoms with van der Waals surface area (Å²) < 4.78 is 5.76. The number of para-hydroxylation sites is 1. The number of rotatable bonds is 4. The molecule has 7 heteroatoms. The van der Waals surface area contributed by atoms with Crippen molar-refractivity contribution in [2.24, 2.45) is 0 Å². The number of aromatic nitrogens is 1. The second-order valence-electron chi connectivity index (χ2n) is 4.89. The van der Waals surface area contributed by atoms with Crippen LogP contribution in [0.2, 0.25) is 0 Å². The van der Waals surface area contributed by atoms with E-state index in [4.69, 9.17) is 4.52 Å².